The van der Waals surface area contributed by atoms with Crippen LogP contribution in [0.3, 0.4) is 0 Å². The van der Waals surface area contributed by atoms with Gasteiger partial charge in [0.15, 0.2) is 0 Å². The van der Waals surface area contributed by atoms with Crippen molar-refractivity contribution in [2.24, 2.45) is 11.7 Å². The second-order valence-electron chi connectivity index (χ2n) is 6.16. The third-order valence-electron chi connectivity index (χ3n) is 4.90. The van der Waals surface area contributed by atoms with Crippen LogP contribution in [0.1, 0.15) is 31.7 Å². The molecule has 2 heterocycles. The fourth-order valence-electron chi connectivity index (χ4n) is 3.52. The quantitative estimate of drug-likeness (QED) is 0.903. The van der Waals surface area contributed by atoms with Gasteiger partial charge in [0.05, 0.1) is 0 Å². The number of aromatic amines is 1. The molecule has 1 aromatic carbocycles. The molecular weight excluding hydrogens is 282 g/mol. The zero-order valence-electron chi connectivity index (χ0n) is 12.6. The van der Waals surface area contributed by atoms with E-state index in [0.717, 1.165) is 36.1 Å². The molecule has 0 saturated carbocycles. The van der Waals surface area contributed by atoms with E-state index in [1.54, 1.807) is 0 Å². The van der Waals surface area contributed by atoms with E-state index in [2.05, 4.69) is 29.1 Å². The highest BCUT2D eigenvalue weighted by atomic mass is 35.5. The Morgan fingerprint density at radius 3 is 3.05 bits per heavy atom. The molecule has 3 rings (SSSR count). The number of halogens is 1. The molecule has 0 amide bonds. The Kier molecular flexibility index (Phi) is 4.53. The predicted octanol–water partition coefficient (Wildman–Crippen LogP) is 3.77. The molecule has 0 aliphatic carbocycles. The number of piperidine rings is 1. The van der Waals surface area contributed by atoms with E-state index in [0.29, 0.717) is 6.04 Å². The molecule has 114 valence electrons. The summed E-state index contributed by atoms with van der Waals surface area (Å²) >= 11 is 6.05. The molecule has 0 radical (unpaired) electrons. The number of nitrogens with two attached hydrogens (primary N) is 1. The van der Waals surface area contributed by atoms with Crippen LogP contribution in [0.25, 0.3) is 10.9 Å². The molecule has 1 fully saturated rings. The van der Waals surface area contributed by atoms with Crippen LogP contribution < -0.4 is 5.73 Å². The maximum Gasteiger partial charge on any atom is 0.0472 e. The summed E-state index contributed by atoms with van der Waals surface area (Å²) in [6, 6.07) is 6.58. The third-order valence-corrected chi connectivity index (χ3v) is 5.13. The van der Waals surface area contributed by atoms with Crippen molar-refractivity contribution < 1.29 is 0 Å². The lowest BCUT2D eigenvalue weighted by molar-refractivity contribution is 0.108. The first-order valence-electron chi connectivity index (χ1n) is 7.91. The first-order chi connectivity index (χ1) is 10.2. The van der Waals surface area contributed by atoms with Crippen LogP contribution in [0, 0.1) is 5.92 Å². The number of benzene rings is 1. The highest BCUT2D eigenvalue weighted by molar-refractivity contribution is 6.31. The van der Waals surface area contributed by atoms with Crippen molar-refractivity contribution in [3.63, 3.8) is 0 Å². The van der Waals surface area contributed by atoms with E-state index >= 15 is 0 Å². The van der Waals surface area contributed by atoms with Gasteiger partial charge in [0.2, 0.25) is 0 Å². The van der Waals surface area contributed by atoms with Crippen molar-refractivity contribution in [3.05, 3.63) is 35.0 Å². The maximum atomic E-state index is 6.05. The monoisotopic (exact) mass is 305 g/mol. The summed E-state index contributed by atoms with van der Waals surface area (Å²) in [5, 5.41) is 2.05. The fourth-order valence-corrected chi connectivity index (χ4v) is 3.69. The van der Waals surface area contributed by atoms with Crippen LogP contribution in [0.5, 0.6) is 0 Å². The first kappa shape index (κ1) is 14.9. The summed E-state index contributed by atoms with van der Waals surface area (Å²) in [6.07, 6.45) is 5.92. The van der Waals surface area contributed by atoms with E-state index < -0.39 is 0 Å². The number of fused-ring (bicyclic) bond motifs is 1. The van der Waals surface area contributed by atoms with Crippen molar-refractivity contribution in [3.8, 4) is 0 Å². The molecule has 21 heavy (non-hydrogen) atoms. The number of hydrogen-bond acceptors (Lipinski definition) is 2. The average molecular weight is 306 g/mol. The molecule has 2 atom stereocenters. The Bertz CT molecular complexity index is 607. The van der Waals surface area contributed by atoms with Crippen LogP contribution in [-0.2, 0) is 6.54 Å². The molecule has 1 aliphatic heterocycles. The van der Waals surface area contributed by atoms with Crippen molar-refractivity contribution in [2.45, 2.75) is 38.8 Å². The normalized spacial score (nSPS) is 23.8. The number of hydrogen-bond donors (Lipinski definition) is 2. The number of aromatic nitrogens is 1. The molecule has 0 spiro atoms. The Labute approximate surface area is 131 Å². The van der Waals surface area contributed by atoms with E-state index in [1.807, 2.05) is 12.1 Å². The van der Waals surface area contributed by atoms with Gasteiger partial charge in [-0.3, -0.25) is 4.90 Å². The van der Waals surface area contributed by atoms with Crippen molar-refractivity contribution in [1.82, 2.24) is 9.88 Å². The number of nitrogens with zero attached hydrogens (tertiary/aromatic N) is 1. The lowest BCUT2D eigenvalue weighted by Crippen LogP contribution is -2.45. The van der Waals surface area contributed by atoms with Crippen LogP contribution >= 0.6 is 11.6 Å². The second kappa shape index (κ2) is 6.39. The Morgan fingerprint density at radius 2 is 2.29 bits per heavy atom. The zero-order valence-corrected chi connectivity index (χ0v) is 13.4. The fraction of sp³-hybridized carbons (Fsp3) is 0.529. The smallest absolute Gasteiger partial charge is 0.0472 e. The SMILES string of the molecule is CCC1CCN(Cc2c[nH]c3cc(Cl)ccc23)C(CN)C1. The van der Waals surface area contributed by atoms with Gasteiger partial charge in [-0.1, -0.05) is 31.0 Å². The number of rotatable bonds is 4. The van der Waals surface area contributed by atoms with Crippen molar-refractivity contribution in [2.75, 3.05) is 13.1 Å². The summed E-state index contributed by atoms with van der Waals surface area (Å²) in [5.74, 6) is 0.844. The zero-order chi connectivity index (χ0) is 14.8. The molecule has 3 nitrogen and oxygen atoms in total. The first-order valence-corrected chi connectivity index (χ1v) is 8.28. The highest BCUT2D eigenvalue weighted by Gasteiger charge is 2.27. The van der Waals surface area contributed by atoms with Gasteiger partial charge in [0.25, 0.3) is 0 Å². The maximum absolute atomic E-state index is 6.05. The van der Waals surface area contributed by atoms with E-state index in [4.69, 9.17) is 17.3 Å². The minimum Gasteiger partial charge on any atom is -0.361 e. The van der Waals surface area contributed by atoms with Gasteiger partial charge in [-0.05, 0) is 43.0 Å². The molecule has 2 unspecified atom stereocenters. The molecule has 1 aliphatic rings. The molecule has 1 aromatic heterocycles. The molecular formula is C17H24ClN3. The van der Waals surface area contributed by atoms with Crippen LogP contribution in [0.2, 0.25) is 5.02 Å². The summed E-state index contributed by atoms with van der Waals surface area (Å²) < 4.78 is 0. The minimum absolute atomic E-state index is 0.515. The standard InChI is InChI=1S/C17H24ClN3/c1-2-12-5-6-21(15(7-12)9-19)11-13-10-20-17-8-14(18)3-4-16(13)17/h3-4,8,10,12,15,20H,2,5-7,9,11,19H2,1H3. The van der Waals surface area contributed by atoms with Crippen molar-refractivity contribution >= 4 is 22.5 Å². The van der Waals surface area contributed by atoms with Gasteiger partial charge in [-0.25, -0.2) is 0 Å². The summed E-state index contributed by atoms with van der Waals surface area (Å²) in [5.41, 5.74) is 8.46. The Morgan fingerprint density at radius 1 is 1.43 bits per heavy atom. The summed E-state index contributed by atoms with van der Waals surface area (Å²) in [4.78, 5) is 5.87. The van der Waals surface area contributed by atoms with Gasteiger partial charge >= 0.3 is 0 Å². The number of nitrogens with one attached hydrogen (secondary N) is 1. The molecule has 2 aromatic rings. The average Bonchev–Trinajstić information content (AvgIpc) is 2.89. The van der Waals surface area contributed by atoms with Crippen LogP contribution in [-0.4, -0.2) is 29.0 Å². The van der Waals surface area contributed by atoms with Gasteiger partial charge in [0.1, 0.15) is 0 Å². The highest BCUT2D eigenvalue weighted by Crippen LogP contribution is 2.28. The number of H-pyrrole nitrogens is 1. The molecule has 0 bridgehead atoms. The molecule has 1 saturated heterocycles. The molecule has 4 heteroatoms. The largest absolute Gasteiger partial charge is 0.361 e. The molecule has 3 N–H and O–H groups in total. The van der Waals surface area contributed by atoms with Crippen LogP contribution in [0.4, 0.5) is 0 Å². The Hall–Kier alpha value is -1.03. The number of likely N-dealkylation sites (tertiary alicyclic amines) is 1. The van der Waals surface area contributed by atoms with Crippen LogP contribution in [0.15, 0.2) is 24.4 Å². The predicted molar refractivity (Wildman–Crippen MR) is 89.6 cm³/mol. The van der Waals surface area contributed by atoms with Gasteiger partial charge in [-0.2, -0.15) is 0 Å². The summed E-state index contributed by atoms with van der Waals surface area (Å²) in [7, 11) is 0. The topological polar surface area (TPSA) is 45.0 Å². The lowest BCUT2D eigenvalue weighted by atomic mass is 9.88. The third kappa shape index (κ3) is 3.10. The summed E-state index contributed by atoms with van der Waals surface area (Å²) in [6.45, 7) is 5.17. The van der Waals surface area contributed by atoms with Gasteiger partial charge in [0, 0.05) is 41.3 Å². The Balaban J connectivity index is 1.78. The van der Waals surface area contributed by atoms with Crippen molar-refractivity contribution in [1.29, 1.82) is 0 Å². The second-order valence-corrected chi connectivity index (χ2v) is 6.60. The van der Waals surface area contributed by atoms with E-state index in [-0.39, 0.29) is 0 Å². The van der Waals surface area contributed by atoms with E-state index in [9.17, 15) is 0 Å². The minimum atomic E-state index is 0.515. The van der Waals surface area contributed by atoms with Gasteiger partial charge in [-0.15, -0.1) is 0 Å². The van der Waals surface area contributed by atoms with Gasteiger partial charge < -0.3 is 10.7 Å². The lowest BCUT2D eigenvalue weighted by Gasteiger charge is -2.38. The van der Waals surface area contributed by atoms with E-state index in [1.165, 1.54) is 30.2 Å².